The molecule has 16 heavy (non-hydrogen) atoms. The second kappa shape index (κ2) is 12.5. The number of ether oxygens (including phenoxy) is 1. The monoisotopic (exact) mass is 230 g/mol. The second-order valence-electron chi connectivity index (χ2n) is 4.17. The maximum absolute atomic E-state index is 11.2. The largest absolute Gasteiger partial charge is 0.466 e. The highest BCUT2D eigenvalue weighted by atomic mass is 16.5. The van der Waals surface area contributed by atoms with Gasteiger partial charge in [0.25, 0.3) is 0 Å². The Labute approximate surface area is 99.2 Å². The SMILES string of the molecule is CCCCCCCCC(=O)OCCCCO. The fraction of sp³-hybridized carbons (Fsp3) is 0.923. The van der Waals surface area contributed by atoms with E-state index in [9.17, 15) is 4.79 Å². The van der Waals surface area contributed by atoms with E-state index in [1.54, 1.807) is 0 Å². The molecule has 0 aliphatic rings. The Morgan fingerprint density at radius 1 is 1.00 bits per heavy atom. The topological polar surface area (TPSA) is 46.5 Å². The zero-order chi connectivity index (χ0) is 12.1. The van der Waals surface area contributed by atoms with E-state index in [1.807, 2.05) is 0 Å². The van der Waals surface area contributed by atoms with Crippen LogP contribution in [0, 0.1) is 0 Å². The minimum Gasteiger partial charge on any atom is -0.466 e. The van der Waals surface area contributed by atoms with Crippen molar-refractivity contribution in [3.63, 3.8) is 0 Å². The molecule has 0 aliphatic carbocycles. The minimum atomic E-state index is -0.0894. The molecule has 0 spiro atoms. The first-order chi connectivity index (χ1) is 7.81. The quantitative estimate of drug-likeness (QED) is 0.438. The van der Waals surface area contributed by atoms with Gasteiger partial charge in [0.1, 0.15) is 0 Å². The van der Waals surface area contributed by atoms with E-state index in [0.717, 1.165) is 19.3 Å². The van der Waals surface area contributed by atoms with Gasteiger partial charge in [-0.25, -0.2) is 0 Å². The molecular weight excluding hydrogens is 204 g/mol. The molecular formula is C13H26O3. The van der Waals surface area contributed by atoms with Crippen LogP contribution in [-0.2, 0) is 9.53 Å². The van der Waals surface area contributed by atoms with Crippen molar-refractivity contribution < 1.29 is 14.6 Å². The summed E-state index contributed by atoms with van der Waals surface area (Å²) in [6.07, 6.45) is 9.16. The highest BCUT2D eigenvalue weighted by molar-refractivity contribution is 5.69. The highest BCUT2D eigenvalue weighted by Gasteiger charge is 2.01. The predicted molar refractivity (Wildman–Crippen MR) is 65.3 cm³/mol. The zero-order valence-corrected chi connectivity index (χ0v) is 10.5. The van der Waals surface area contributed by atoms with Crippen LogP contribution in [0.4, 0.5) is 0 Å². The Hall–Kier alpha value is -0.570. The molecule has 0 aromatic carbocycles. The van der Waals surface area contributed by atoms with Crippen LogP contribution in [0.2, 0.25) is 0 Å². The van der Waals surface area contributed by atoms with Crippen molar-refractivity contribution in [2.45, 2.75) is 64.7 Å². The third-order valence-corrected chi connectivity index (χ3v) is 2.55. The fourth-order valence-electron chi connectivity index (χ4n) is 1.52. The van der Waals surface area contributed by atoms with Crippen molar-refractivity contribution in [2.75, 3.05) is 13.2 Å². The molecule has 0 radical (unpaired) electrons. The van der Waals surface area contributed by atoms with E-state index >= 15 is 0 Å². The second-order valence-corrected chi connectivity index (χ2v) is 4.17. The molecule has 0 unspecified atom stereocenters. The summed E-state index contributed by atoms with van der Waals surface area (Å²) in [6.45, 7) is 2.83. The molecule has 0 aliphatic heterocycles. The van der Waals surface area contributed by atoms with Crippen molar-refractivity contribution in [3.05, 3.63) is 0 Å². The molecule has 3 nitrogen and oxygen atoms in total. The van der Waals surface area contributed by atoms with Gasteiger partial charge in [-0.1, -0.05) is 39.0 Å². The molecule has 0 saturated carbocycles. The lowest BCUT2D eigenvalue weighted by Crippen LogP contribution is -2.06. The van der Waals surface area contributed by atoms with Gasteiger partial charge in [-0.2, -0.15) is 0 Å². The summed E-state index contributed by atoms with van der Waals surface area (Å²) in [6, 6.07) is 0. The number of carbonyl (C=O) groups excluding carboxylic acids is 1. The Balaban J connectivity index is 3.11. The van der Waals surface area contributed by atoms with E-state index in [0.29, 0.717) is 19.4 Å². The number of aliphatic hydroxyl groups is 1. The van der Waals surface area contributed by atoms with Crippen LogP contribution >= 0.6 is 0 Å². The molecule has 0 heterocycles. The first-order valence-electron chi connectivity index (χ1n) is 6.57. The summed E-state index contributed by atoms with van der Waals surface area (Å²) in [7, 11) is 0. The van der Waals surface area contributed by atoms with E-state index in [-0.39, 0.29) is 12.6 Å². The Kier molecular flexibility index (Phi) is 12.1. The van der Waals surface area contributed by atoms with Gasteiger partial charge in [-0.05, 0) is 19.3 Å². The van der Waals surface area contributed by atoms with E-state index in [4.69, 9.17) is 9.84 Å². The van der Waals surface area contributed by atoms with Gasteiger partial charge in [-0.3, -0.25) is 4.79 Å². The zero-order valence-electron chi connectivity index (χ0n) is 10.5. The van der Waals surface area contributed by atoms with Crippen molar-refractivity contribution in [2.24, 2.45) is 0 Å². The van der Waals surface area contributed by atoms with Crippen LogP contribution in [0.5, 0.6) is 0 Å². The van der Waals surface area contributed by atoms with Gasteiger partial charge < -0.3 is 9.84 Å². The molecule has 0 aromatic heterocycles. The molecule has 0 atom stereocenters. The van der Waals surface area contributed by atoms with E-state index in [1.165, 1.54) is 25.7 Å². The Morgan fingerprint density at radius 3 is 2.38 bits per heavy atom. The smallest absolute Gasteiger partial charge is 0.305 e. The number of unbranched alkanes of at least 4 members (excludes halogenated alkanes) is 6. The molecule has 3 heteroatoms. The predicted octanol–water partition coefficient (Wildman–Crippen LogP) is 3.05. The molecule has 0 amide bonds. The Bertz CT molecular complexity index is 157. The lowest BCUT2D eigenvalue weighted by Gasteiger charge is -2.04. The summed E-state index contributed by atoms with van der Waals surface area (Å²) < 4.78 is 5.02. The van der Waals surface area contributed by atoms with Gasteiger partial charge in [-0.15, -0.1) is 0 Å². The first kappa shape index (κ1) is 15.4. The van der Waals surface area contributed by atoms with Crippen molar-refractivity contribution >= 4 is 5.97 Å². The average Bonchev–Trinajstić information content (AvgIpc) is 2.29. The van der Waals surface area contributed by atoms with Crippen LogP contribution in [0.15, 0.2) is 0 Å². The van der Waals surface area contributed by atoms with Crippen molar-refractivity contribution in [1.29, 1.82) is 0 Å². The number of rotatable bonds is 11. The maximum Gasteiger partial charge on any atom is 0.305 e. The van der Waals surface area contributed by atoms with Crippen LogP contribution < -0.4 is 0 Å². The summed E-state index contributed by atoms with van der Waals surface area (Å²) in [4.78, 5) is 11.2. The summed E-state index contributed by atoms with van der Waals surface area (Å²) >= 11 is 0. The normalized spacial score (nSPS) is 10.4. The standard InChI is InChI=1S/C13H26O3/c1-2-3-4-5-6-7-10-13(15)16-12-9-8-11-14/h14H,2-12H2,1H3. The lowest BCUT2D eigenvalue weighted by atomic mass is 10.1. The van der Waals surface area contributed by atoms with Gasteiger partial charge in [0.15, 0.2) is 0 Å². The number of carbonyl (C=O) groups is 1. The Morgan fingerprint density at radius 2 is 1.69 bits per heavy atom. The number of hydrogen-bond acceptors (Lipinski definition) is 3. The van der Waals surface area contributed by atoms with Crippen LogP contribution in [0.1, 0.15) is 64.7 Å². The van der Waals surface area contributed by atoms with Crippen LogP contribution in [-0.4, -0.2) is 24.3 Å². The lowest BCUT2D eigenvalue weighted by molar-refractivity contribution is -0.143. The number of esters is 1. The number of hydrogen-bond donors (Lipinski definition) is 1. The molecule has 0 aromatic rings. The van der Waals surface area contributed by atoms with E-state index < -0.39 is 0 Å². The molecule has 1 N–H and O–H groups in total. The van der Waals surface area contributed by atoms with Crippen LogP contribution in [0.3, 0.4) is 0 Å². The highest BCUT2D eigenvalue weighted by Crippen LogP contribution is 2.07. The molecule has 0 fully saturated rings. The van der Waals surface area contributed by atoms with Gasteiger partial charge in [0.05, 0.1) is 6.61 Å². The fourth-order valence-corrected chi connectivity index (χ4v) is 1.52. The molecule has 0 rings (SSSR count). The molecule has 96 valence electrons. The van der Waals surface area contributed by atoms with Gasteiger partial charge in [0, 0.05) is 13.0 Å². The first-order valence-corrected chi connectivity index (χ1v) is 6.57. The molecule has 0 saturated heterocycles. The third kappa shape index (κ3) is 11.5. The average molecular weight is 230 g/mol. The molecule has 0 bridgehead atoms. The summed E-state index contributed by atoms with van der Waals surface area (Å²) in [5, 5.41) is 8.54. The summed E-state index contributed by atoms with van der Waals surface area (Å²) in [5.41, 5.74) is 0. The van der Waals surface area contributed by atoms with Crippen molar-refractivity contribution in [3.8, 4) is 0 Å². The van der Waals surface area contributed by atoms with Gasteiger partial charge >= 0.3 is 5.97 Å². The van der Waals surface area contributed by atoms with Crippen molar-refractivity contribution in [1.82, 2.24) is 0 Å². The third-order valence-electron chi connectivity index (χ3n) is 2.55. The van der Waals surface area contributed by atoms with Crippen LogP contribution in [0.25, 0.3) is 0 Å². The minimum absolute atomic E-state index is 0.0894. The summed E-state index contributed by atoms with van der Waals surface area (Å²) in [5.74, 6) is -0.0894. The number of aliphatic hydroxyl groups excluding tert-OH is 1. The van der Waals surface area contributed by atoms with E-state index in [2.05, 4.69) is 6.92 Å². The van der Waals surface area contributed by atoms with Gasteiger partial charge in [0.2, 0.25) is 0 Å². The maximum atomic E-state index is 11.2.